The Kier molecular flexibility index (Phi) is 5.55. The van der Waals surface area contributed by atoms with Gasteiger partial charge in [0, 0.05) is 30.9 Å². The Labute approximate surface area is 144 Å². The molecule has 7 heteroatoms. The summed E-state index contributed by atoms with van der Waals surface area (Å²) in [6.45, 7) is 5.84. The number of amides is 1. The van der Waals surface area contributed by atoms with Gasteiger partial charge in [0.2, 0.25) is 5.91 Å². The second-order valence-electron chi connectivity index (χ2n) is 5.76. The quantitative estimate of drug-likeness (QED) is 0.862. The molecule has 0 aliphatic carbocycles. The van der Waals surface area contributed by atoms with E-state index in [1.54, 1.807) is 26.1 Å². The van der Waals surface area contributed by atoms with Crippen molar-refractivity contribution in [1.82, 2.24) is 9.55 Å². The monoisotopic (exact) mass is 340 g/mol. The molecule has 130 valence electrons. The van der Waals surface area contributed by atoms with E-state index in [1.807, 2.05) is 13.0 Å². The lowest BCUT2D eigenvalue weighted by Crippen LogP contribution is -2.20. The predicted octanol–water partition coefficient (Wildman–Crippen LogP) is 1.62. The van der Waals surface area contributed by atoms with Gasteiger partial charge in [0.25, 0.3) is 11.1 Å². The van der Waals surface area contributed by atoms with Gasteiger partial charge >= 0.3 is 0 Å². The van der Waals surface area contributed by atoms with Crippen LogP contribution in [0.2, 0.25) is 0 Å². The van der Waals surface area contributed by atoms with Gasteiger partial charge in [-0.2, -0.15) is 5.26 Å². The molecule has 0 saturated heterocycles. The standard InChI is InChI=1S/C18H20N4O3/c1-4-22-10-13(5-8-17(22)24)21-16(23)7-6-14-11(2)15(9-19)18(25)20-12(14)3/h5,8,10H,4,6-7H2,1-3H3,(H,20,25)(H,21,23). The summed E-state index contributed by atoms with van der Waals surface area (Å²) in [6.07, 6.45) is 2.21. The average molecular weight is 340 g/mol. The molecule has 2 aromatic heterocycles. The summed E-state index contributed by atoms with van der Waals surface area (Å²) in [7, 11) is 0. The number of hydrogen-bond acceptors (Lipinski definition) is 4. The number of rotatable bonds is 5. The van der Waals surface area contributed by atoms with Crippen LogP contribution in [0.15, 0.2) is 27.9 Å². The zero-order valence-electron chi connectivity index (χ0n) is 14.5. The van der Waals surface area contributed by atoms with Crippen LogP contribution >= 0.6 is 0 Å². The first kappa shape index (κ1) is 18.2. The number of anilines is 1. The number of aromatic amines is 1. The lowest BCUT2D eigenvalue weighted by atomic mass is 9.99. The molecule has 0 unspecified atom stereocenters. The van der Waals surface area contributed by atoms with Crippen molar-refractivity contribution in [2.45, 2.75) is 40.2 Å². The maximum Gasteiger partial charge on any atom is 0.266 e. The van der Waals surface area contributed by atoms with Crippen LogP contribution < -0.4 is 16.4 Å². The number of nitriles is 1. The molecule has 0 aliphatic heterocycles. The number of nitrogens with one attached hydrogen (secondary N) is 2. The molecule has 25 heavy (non-hydrogen) atoms. The molecule has 0 fully saturated rings. The van der Waals surface area contributed by atoms with Crippen molar-refractivity contribution in [3.8, 4) is 6.07 Å². The van der Waals surface area contributed by atoms with Gasteiger partial charge in [-0.25, -0.2) is 0 Å². The highest BCUT2D eigenvalue weighted by molar-refractivity contribution is 5.90. The Bertz CT molecular complexity index is 964. The summed E-state index contributed by atoms with van der Waals surface area (Å²) in [4.78, 5) is 38.1. The van der Waals surface area contributed by atoms with Crippen LogP contribution in [0.25, 0.3) is 0 Å². The van der Waals surface area contributed by atoms with Gasteiger partial charge in [-0.3, -0.25) is 14.4 Å². The molecule has 0 atom stereocenters. The molecule has 0 saturated carbocycles. The van der Waals surface area contributed by atoms with Gasteiger partial charge in [0.15, 0.2) is 0 Å². The molecule has 0 aromatic carbocycles. The Morgan fingerprint density at radius 1 is 1.32 bits per heavy atom. The summed E-state index contributed by atoms with van der Waals surface area (Å²) in [6, 6.07) is 4.88. The Hall–Kier alpha value is -3.14. The number of hydrogen-bond donors (Lipinski definition) is 2. The van der Waals surface area contributed by atoms with Crippen molar-refractivity contribution in [3.05, 3.63) is 61.4 Å². The Balaban J connectivity index is 2.12. The first-order valence-corrected chi connectivity index (χ1v) is 8.00. The van der Waals surface area contributed by atoms with E-state index < -0.39 is 5.56 Å². The summed E-state index contributed by atoms with van der Waals surface area (Å²) in [5.41, 5.74) is 2.17. The number of H-pyrrole nitrogens is 1. The summed E-state index contributed by atoms with van der Waals surface area (Å²) in [5.74, 6) is -0.204. The van der Waals surface area contributed by atoms with Gasteiger partial charge in [0.1, 0.15) is 11.6 Å². The predicted molar refractivity (Wildman–Crippen MR) is 94.6 cm³/mol. The van der Waals surface area contributed by atoms with E-state index >= 15 is 0 Å². The van der Waals surface area contributed by atoms with Gasteiger partial charge in [-0.05, 0) is 44.4 Å². The Morgan fingerprint density at radius 2 is 2.04 bits per heavy atom. The first-order chi connectivity index (χ1) is 11.9. The van der Waals surface area contributed by atoms with Crippen molar-refractivity contribution < 1.29 is 4.79 Å². The molecule has 2 rings (SSSR count). The summed E-state index contributed by atoms with van der Waals surface area (Å²) >= 11 is 0. The minimum atomic E-state index is -0.410. The molecule has 7 nitrogen and oxygen atoms in total. The highest BCUT2D eigenvalue weighted by Crippen LogP contribution is 2.15. The molecule has 2 heterocycles. The SMILES string of the molecule is CCn1cc(NC(=O)CCc2c(C)[nH]c(=O)c(C#N)c2C)ccc1=O. The fourth-order valence-electron chi connectivity index (χ4n) is 2.73. The van der Waals surface area contributed by atoms with E-state index in [0.717, 1.165) is 5.56 Å². The van der Waals surface area contributed by atoms with Crippen LogP contribution in [-0.2, 0) is 17.8 Å². The normalized spacial score (nSPS) is 10.3. The minimum Gasteiger partial charge on any atom is -0.325 e. The smallest absolute Gasteiger partial charge is 0.266 e. The topological polar surface area (TPSA) is 108 Å². The second-order valence-corrected chi connectivity index (χ2v) is 5.76. The summed E-state index contributed by atoms with van der Waals surface area (Å²) in [5, 5.41) is 11.8. The Morgan fingerprint density at radius 3 is 2.68 bits per heavy atom. The molecular weight excluding hydrogens is 320 g/mol. The van der Waals surface area contributed by atoms with Crippen LogP contribution in [0.5, 0.6) is 0 Å². The van der Waals surface area contributed by atoms with E-state index in [1.165, 1.54) is 10.6 Å². The molecule has 0 spiro atoms. The van der Waals surface area contributed by atoms with E-state index in [9.17, 15) is 14.4 Å². The maximum absolute atomic E-state index is 12.2. The van der Waals surface area contributed by atoms with Crippen LogP contribution in [0.4, 0.5) is 5.69 Å². The second kappa shape index (κ2) is 7.62. The van der Waals surface area contributed by atoms with Crippen molar-refractivity contribution in [2.75, 3.05) is 5.32 Å². The number of pyridine rings is 2. The van der Waals surface area contributed by atoms with Crippen LogP contribution in [0, 0.1) is 25.2 Å². The zero-order valence-corrected chi connectivity index (χ0v) is 14.5. The lowest BCUT2D eigenvalue weighted by molar-refractivity contribution is -0.116. The van der Waals surface area contributed by atoms with Crippen molar-refractivity contribution >= 4 is 11.6 Å². The van der Waals surface area contributed by atoms with Crippen LogP contribution in [0.3, 0.4) is 0 Å². The van der Waals surface area contributed by atoms with Gasteiger partial charge in [-0.1, -0.05) is 0 Å². The molecule has 2 N–H and O–H groups in total. The molecule has 0 aliphatic rings. The maximum atomic E-state index is 12.2. The minimum absolute atomic E-state index is 0.0797. The van der Waals surface area contributed by atoms with E-state index in [0.29, 0.717) is 29.9 Å². The lowest BCUT2D eigenvalue weighted by Gasteiger charge is -2.11. The number of aromatic nitrogens is 2. The molecule has 0 bridgehead atoms. The van der Waals surface area contributed by atoms with Gasteiger partial charge in [0.05, 0.1) is 5.69 Å². The number of carbonyl (C=O) groups is 1. The van der Waals surface area contributed by atoms with Crippen molar-refractivity contribution in [3.63, 3.8) is 0 Å². The molecule has 2 aromatic rings. The number of carbonyl (C=O) groups excluding carboxylic acids is 1. The van der Waals surface area contributed by atoms with Crippen molar-refractivity contribution in [2.24, 2.45) is 0 Å². The highest BCUT2D eigenvalue weighted by Gasteiger charge is 2.13. The molecular formula is C18H20N4O3. The van der Waals surface area contributed by atoms with E-state index in [-0.39, 0.29) is 23.5 Å². The molecule has 1 amide bonds. The van der Waals surface area contributed by atoms with Crippen LogP contribution in [0.1, 0.15) is 35.7 Å². The average Bonchev–Trinajstić information content (AvgIpc) is 2.56. The third kappa shape index (κ3) is 4.04. The van der Waals surface area contributed by atoms with Gasteiger partial charge in [-0.15, -0.1) is 0 Å². The third-order valence-electron chi connectivity index (χ3n) is 4.13. The number of aryl methyl sites for hydroxylation is 2. The van der Waals surface area contributed by atoms with Crippen molar-refractivity contribution in [1.29, 1.82) is 5.26 Å². The fourth-order valence-corrected chi connectivity index (χ4v) is 2.73. The zero-order chi connectivity index (χ0) is 18.6. The molecule has 0 radical (unpaired) electrons. The fraction of sp³-hybridized carbons (Fsp3) is 0.333. The largest absolute Gasteiger partial charge is 0.325 e. The van der Waals surface area contributed by atoms with E-state index in [2.05, 4.69) is 10.3 Å². The van der Waals surface area contributed by atoms with Gasteiger partial charge < -0.3 is 14.9 Å². The summed E-state index contributed by atoms with van der Waals surface area (Å²) < 4.78 is 1.50. The number of nitrogens with zero attached hydrogens (tertiary/aromatic N) is 2. The van der Waals surface area contributed by atoms with Crippen LogP contribution in [-0.4, -0.2) is 15.5 Å². The van der Waals surface area contributed by atoms with E-state index in [4.69, 9.17) is 5.26 Å². The third-order valence-corrected chi connectivity index (χ3v) is 4.13. The first-order valence-electron chi connectivity index (χ1n) is 8.00. The highest BCUT2D eigenvalue weighted by atomic mass is 16.2.